The van der Waals surface area contributed by atoms with E-state index in [1.54, 1.807) is 0 Å². The Balaban J connectivity index is 2.23. The van der Waals surface area contributed by atoms with Crippen molar-refractivity contribution in [2.45, 2.75) is 0 Å². The van der Waals surface area contributed by atoms with E-state index >= 15 is 0 Å². The summed E-state index contributed by atoms with van der Waals surface area (Å²) in [6.07, 6.45) is 0. The van der Waals surface area contributed by atoms with E-state index in [0.29, 0.717) is 11.3 Å². The summed E-state index contributed by atoms with van der Waals surface area (Å²) in [5.41, 5.74) is 0.868. The highest BCUT2D eigenvalue weighted by Gasteiger charge is 2.18. The van der Waals surface area contributed by atoms with Crippen LogP contribution < -0.4 is 4.74 Å². The Hall–Kier alpha value is -1.94. The van der Waals surface area contributed by atoms with Crippen LogP contribution in [0.5, 0.6) is 11.5 Å². The highest BCUT2D eigenvalue weighted by molar-refractivity contribution is 6.70. The first-order chi connectivity index (χ1) is 8.63. The molecule has 0 aliphatic carbocycles. The number of halogens is 3. The SMILES string of the molecule is Fc1ccc2c(c1)Oc1cc(F)ccc1C(Cl)=N2. The average molecular weight is 266 g/mol. The van der Waals surface area contributed by atoms with Crippen LogP contribution in [0.4, 0.5) is 14.5 Å². The minimum atomic E-state index is -0.460. The van der Waals surface area contributed by atoms with Crippen LogP contribution in [0.2, 0.25) is 0 Å². The van der Waals surface area contributed by atoms with Crippen molar-refractivity contribution in [1.29, 1.82) is 0 Å². The van der Waals surface area contributed by atoms with Crippen LogP contribution >= 0.6 is 11.6 Å². The van der Waals surface area contributed by atoms with Crippen molar-refractivity contribution >= 4 is 22.5 Å². The first kappa shape index (κ1) is 11.2. The van der Waals surface area contributed by atoms with Crippen molar-refractivity contribution in [3.63, 3.8) is 0 Å². The molecular formula is C13H6ClF2NO. The van der Waals surface area contributed by atoms with Gasteiger partial charge in [-0.1, -0.05) is 11.6 Å². The molecule has 0 saturated carbocycles. The molecule has 0 unspecified atom stereocenters. The normalized spacial score (nSPS) is 12.9. The van der Waals surface area contributed by atoms with Crippen LogP contribution in [0.25, 0.3) is 0 Å². The lowest BCUT2D eigenvalue weighted by atomic mass is 10.2. The van der Waals surface area contributed by atoms with E-state index in [2.05, 4.69) is 4.99 Å². The number of benzene rings is 2. The molecule has 3 rings (SSSR count). The van der Waals surface area contributed by atoms with Gasteiger partial charge in [0.25, 0.3) is 0 Å². The molecule has 2 aromatic carbocycles. The molecule has 0 amide bonds. The maximum atomic E-state index is 13.2. The lowest BCUT2D eigenvalue weighted by molar-refractivity contribution is 0.473. The van der Waals surface area contributed by atoms with Crippen LogP contribution in [0, 0.1) is 11.6 Å². The number of nitrogens with zero attached hydrogens (tertiary/aromatic N) is 1. The molecule has 1 heterocycles. The lowest BCUT2D eigenvalue weighted by Gasteiger charge is -2.07. The van der Waals surface area contributed by atoms with Gasteiger partial charge in [0.2, 0.25) is 0 Å². The van der Waals surface area contributed by atoms with Crippen molar-refractivity contribution in [3.05, 3.63) is 53.6 Å². The van der Waals surface area contributed by atoms with Crippen molar-refractivity contribution in [1.82, 2.24) is 0 Å². The third-order valence-electron chi connectivity index (χ3n) is 2.53. The summed E-state index contributed by atoms with van der Waals surface area (Å²) < 4.78 is 31.8. The van der Waals surface area contributed by atoms with Crippen molar-refractivity contribution in [2.75, 3.05) is 0 Å². The van der Waals surface area contributed by atoms with E-state index in [0.717, 1.165) is 0 Å². The summed E-state index contributed by atoms with van der Waals surface area (Å²) >= 11 is 6.03. The number of aliphatic imine (C=N–C) groups is 1. The van der Waals surface area contributed by atoms with Crippen molar-refractivity contribution in [2.24, 2.45) is 4.99 Å². The molecule has 5 heteroatoms. The Morgan fingerprint density at radius 1 is 0.944 bits per heavy atom. The molecule has 0 saturated heterocycles. The third-order valence-corrected chi connectivity index (χ3v) is 2.81. The Labute approximate surface area is 106 Å². The zero-order valence-corrected chi connectivity index (χ0v) is 9.71. The monoisotopic (exact) mass is 265 g/mol. The van der Waals surface area contributed by atoms with Gasteiger partial charge in [0.15, 0.2) is 5.75 Å². The summed E-state index contributed by atoms with van der Waals surface area (Å²) in [5.74, 6) is -0.497. The fourth-order valence-corrected chi connectivity index (χ4v) is 1.94. The summed E-state index contributed by atoms with van der Waals surface area (Å²) in [6.45, 7) is 0. The average Bonchev–Trinajstić information content (AvgIpc) is 2.44. The Morgan fingerprint density at radius 3 is 2.39 bits per heavy atom. The molecule has 1 aliphatic rings. The molecule has 90 valence electrons. The Kier molecular flexibility index (Phi) is 2.52. The van der Waals surface area contributed by atoms with Gasteiger partial charge in [-0.05, 0) is 24.3 Å². The van der Waals surface area contributed by atoms with Crippen LogP contribution in [0.3, 0.4) is 0 Å². The van der Waals surface area contributed by atoms with Gasteiger partial charge in [-0.3, -0.25) is 0 Å². The van der Waals surface area contributed by atoms with E-state index in [4.69, 9.17) is 16.3 Å². The zero-order valence-electron chi connectivity index (χ0n) is 8.95. The highest BCUT2D eigenvalue weighted by atomic mass is 35.5. The summed E-state index contributed by atoms with van der Waals surface area (Å²) in [4.78, 5) is 4.12. The fourth-order valence-electron chi connectivity index (χ4n) is 1.70. The molecule has 0 spiro atoms. The minimum Gasteiger partial charge on any atom is -0.454 e. The summed E-state index contributed by atoms with van der Waals surface area (Å²) in [7, 11) is 0. The largest absolute Gasteiger partial charge is 0.454 e. The number of ether oxygens (including phenoxy) is 1. The molecule has 18 heavy (non-hydrogen) atoms. The minimum absolute atomic E-state index is 0.176. The van der Waals surface area contributed by atoms with E-state index in [1.165, 1.54) is 36.4 Å². The molecule has 0 radical (unpaired) electrons. The summed E-state index contributed by atoms with van der Waals surface area (Å²) in [6, 6.07) is 7.81. The fraction of sp³-hybridized carbons (Fsp3) is 0. The molecule has 0 N–H and O–H groups in total. The van der Waals surface area contributed by atoms with Crippen molar-refractivity contribution in [3.8, 4) is 11.5 Å². The molecule has 2 nitrogen and oxygen atoms in total. The molecule has 1 aliphatic heterocycles. The number of fused-ring (bicyclic) bond motifs is 2. The van der Waals surface area contributed by atoms with Gasteiger partial charge in [-0.25, -0.2) is 13.8 Å². The topological polar surface area (TPSA) is 21.6 Å². The van der Waals surface area contributed by atoms with Gasteiger partial charge >= 0.3 is 0 Å². The summed E-state index contributed by atoms with van der Waals surface area (Å²) in [5, 5.41) is 0.176. The Morgan fingerprint density at radius 2 is 1.61 bits per heavy atom. The van der Waals surface area contributed by atoms with Crippen LogP contribution in [0.1, 0.15) is 5.56 Å². The van der Waals surface area contributed by atoms with Crippen molar-refractivity contribution < 1.29 is 13.5 Å². The van der Waals surface area contributed by atoms with Gasteiger partial charge in [0, 0.05) is 12.1 Å². The zero-order chi connectivity index (χ0) is 12.7. The number of rotatable bonds is 0. The number of hydrogen-bond acceptors (Lipinski definition) is 2. The standard InChI is InChI=1S/C13H6ClF2NO/c14-13-9-3-1-7(15)5-11(9)18-12-6-8(16)2-4-10(12)17-13/h1-6H. The first-order valence-corrected chi connectivity index (χ1v) is 5.53. The third kappa shape index (κ3) is 1.84. The molecular weight excluding hydrogens is 260 g/mol. The van der Waals surface area contributed by atoms with E-state index in [-0.39, 0.29) is 16.7 Å². The number of hydrogen-bond donors (Lipinski definition) is 0. The van der Waals surface area contributed by atoms with Gasteiger partial charge in [-0.15, -0.1) is 0 Å². The second-order valence-electron chi connectivity index (χ2n) is 3.76. The van der Waals surface area contributed by atoms with Gasteiger partial charge < -0.3 is 4.74 Å². The predicted molar refractivity (Wildman–Crippen MR) is 64.9 cm³/mol. The van der Waals surface area contributed by atoms with Gasteiger partial charge in [-0.2, -0.15) is 0 Å². The molecule has 0 atom stereocenters. The van der Waals surface area contributed by atoms with Crippen LogP contribution in [-0.2, 0) is 0 Å². The Bertz CT molecular complexity index is 670. The maximum absolute atomic E-state index is 13.2. The van der Waals surface area contributed by atoms with Crippen LogP contribution in [-0.4, -0.2) is 5.17 Å². The molecule has 0 bridgehead atoms. The maximum Gasteiger partial charge on any atom is 0.156 e. The highest BCUT2D eigenvalue weighted by Crippen LogP contribution is 2.38. The lowest BCUT2D eigenvalue weighted by Crippen LogP contribution is -1.94. The predicted octanol–water partition coefficient (Wildman–Crippen LogP) is 4.39. The first-order valence-electron chi connectivity index (χ1n) is 5.15. The van der Waals surface area contributed by atoms with E-state index < -0.39 is 11.6 Å². The molecule has 2 aromatic rings. The van der Waals surface area contributed by atoms with Gasteiger partial charge in [0.1, 0.15) is 28.2 Å². The molecule has 0 aromatic heterocycles. The van der Waals surface area contributed by atoms with E-state index in [1.807, 2.05) is 0 Å². The van der Waals surface area contributed by atoms with Gasteiger partial charge in [0.05, 0.1) is 5.56 Å². The smallest absolute Gasteiger partial charge is 0.156 e. The second-order valence-corrected chi connectivity index (χ2v) is 4.12. The second kappa shape index (κ2) is 4.07. The molecule has 0 fully saturated rings. The van der Waals surface area contributed by atoms with Crippen LogP contribution in [0.15, 0.2) is 41.4 Å². The quantitative estimate of drug-likeness (QED) is 0.692. The van der Waals surface area contributed by atoms with E-state index in [9.17, 15) is 8.78 Å².